The van der Waals surface area contributed by atoms with Gasteiger partial charge in [-0.15, -0.1) is 0 Å². The Hall–Kier alpha value is -3.48. The quantitative estimate of drug-likeness (QED) is 0.784. The normalized spacial score (nSPS) is 20.8. The smallest absolute Gasteiger partial charge is 0.251 e. The van der Waals surface area contributed by atoms with Crippen LogP contribution in [0.1, 0.15) is 28.8 Å². The third-order valence-corrected chi connectivity index (χ3v) is 5.24. The number of hydrazine groups is 1. The lowest BCUT2D eigenvalue weighted by Crippen LogP contribution is -2.59. The Morgan fingerprint density at radius 1 is 1.07 bits per heavy atom. The Balaban J connectivity index is 1.49. The minimum absolute atomic E-state index is 0.177. The van der Waals surface area contributed by atoms with Crippen molar-refractivity contribution in [2.45, 2.75) is 19.4 Å². The van der Waals surface area contributed by atoms with Crippen LogP contribution in [0.15, 0.2) is 60.7 Å². The van der Waals surface area contributed by atoms with Gasteiger partial charge in [-0.25, -0.2) is 9.40 Å². The second kappa shape index (κ2) is 7.87. The van der Waals surface area contributed by atoms with Gasteiger partial charge in [0.15, 0.2) is 0 Å². The lowest BCUT2D eigenvalue weighted by Gasteiger charge is -2.38. The molecular formula is C22H20FN3O3. The summed E-state index contributed by atoms with van der Waals surface area (Å²) in [6.45, 7) is 0.177. The van der Waals surface area contributed by atoms with Gasteiger partial charge in [0.1, 0.15) is 5.82 Å². The molecule has 6 nitrogen and oxygen atoms in total. The van der Waals surface area contributed by atoms with E-state index in [9.17, 15) is 18.8 Å². The topological polar surface area (TPSA) is 78.5 Å². The van der Waals surface area contributed by atoms with Crippen LogP contribution >= 0.6 is 0 Å². The van der Waals surface area contributed by atoms with Crippen molar-refractivity contribution in [2.24, 2.45) is 11.8 Å². The Morgan fingerprint density at radius 3 is 2.62 bits per heavy atom. The van der Waals surface area contributed by atoms with Gasteiger partial charge in [-0.1, -0.05) is 30.4 Å². The highest BCUT2D eigenvalue weighted by molar-refractivity contribution is 6.05. The second-order valence-corrected chi connectivity index (χ2v) is 7.17. The number of hydrogen-bond acceptors (Lipinski definition) is 3. The zero-order valence-corrected chi connectivity index (χ0v) is 15.6. The molecule has 0 bridgehead atoms. The first-order chi connectivity index (χ1) is 14.0. The fourth-order valence-corrected chi connectivity index (χ4v) is 3.70. The summed E-state index contributed by atoms with van der Waals surface area (Å²) in [5.41, 5.74) is 4.06. The Labute approximate surface area is 167 Å². The van der Waals surface area contributed by atoms with E-state index >= 15 is 0 Å². The Kier molecular flexibility index (Phi) is 5.12. The number of allylic oxidation sites excluding steroid dienone is 2. The zero-order chi connectivity index (χ0) is 20.4. The van der Waals surface area contributed by atoms with Crippen LogP contribution in [0, 0.1) is 17.7 Å². The molecule has 7 heteroatoms. The predicted molar refractivity (Wildman–Crippen MR) is 105 cm³/mol. The van der Waals surface area contributed by atoms with Crippen LogP contribution in [0.2, 0.25) is 0 Å². The molecule has 0 spiro atoms. The van der Waals surface area contributed by atoms with Crippen LogP contribution < -0.4 is 15.8 Å². The molecule has 1 aliphatic carbocycles. The summed E-state index contributed by atoms with van der Waals surface area (Å²) >= 11 is 0. The number of nitrogens with zero attached hydrogens (tertiary/aromatic N) is 1. The van der Waals surface area contributed by atoms with E-state index in [1.165, 1.54) is 17.1 Å². The van der Waals surface area contributed by atoms with Crippen molar-refractivity contribution < 1.29 is 18.8 Å². The van der Waals surface area contributed by atoms with Crippen molar-refractivity contribution in [3.05, 3.63) is 77.6 Å². The summed E-state index contributed by atoms with van der Waals surface area (Å²) in [7, 11) is 0. The van der Waals surface area contributed by atoms with Crippen molar-refractivity contribution in [3.8, 4) is 0 Å². The van der Waals surface area contributed by atoms with Crippen LogP contribution in [0.25, 0.3) is 0 Å². The summed E-state index contributed by atoms with van der Waals surface area (Å²) in [4.78, 5) is 37.8. The predicted octanol–water partition coefficient (Wildman–Crippen LogP) is 2.72. The lowest BCUT2D eigenvalue weighted by molar-refractivity contribution is -0.139. The monoisotopic (exact) mass is 393 g/mol. The summed E-state index contributed by atoms with van der Waals surface area (Å²) in [5, 5.41) is 3.96. The van der Waals surface area contributed by atoms with Crippen LogP contribution in [0.5, 0.6) is 0 Å². The molecule has 1 heterocycles. The number of halogens is 1. The molecule has 2 aromatic rings. The van der Waals surface area contributed by atoms with Gasteiger partial charge in [0, 0.05) is 12.1 Å². The van der Waals surface area contributed by atoms with Crippen molar-refractivity contribution in [3.63, 3.8) is 0 Å². The van der Waals surface area contributed by atoms with Crippen molar-refractivity contribution in [2.75, 3.05) is 5.01 Å². The first-order valence-electron chi connectivity index (χ1n) is 9.45. The average molecular weight is 393 g/mol. The number of carbonyl (C=O) groups is 3. The first kappa shape index (κ1) is 18.9. The third-order valence-electron chi connectivity index (χ3n) is 5.24. The molecule has 2 unspecified atom stereocenters. The number of rotatable bonds is 4. The molecular weight excluding hydrogens is 373 g/mol. The molecule has 1 saturated heterocycles. The van der Waals surface area contributed by atoms with E-state index < -0.39 is 0 Å². The molecule has 0 radical (unpaired) electrons. The minimum atomic E-state index is -0.390. The van der Waals surface area contributed by atoms with E-state index in [0.29, 0.717) is 29.7 Å². The molecule has 2 N–H and O–H groups in total. The highest BCUT2D eigenvalue weighted by Crippen LogP contribution is 2.32. The molecule has 29 heavy (non-hydrogen) atoms. The number of anilines is 1. The molecule has 4 rings (SSSR count). The fraction of sp³-hybridized carbons (Fsp3) is 0.227. The fourth-order valence-electron chi connectivity index (χ4n) is 3.70. The van der Waals surface area contributed by atoms with Gasteiger partial charge in [0.2, 0.25) is 11.8 Å². The van der Waals surface area contributed by atoms with Crippen LogP contribution in [-0.4, -0.2) is 17.7 Å². The molecule has 148 valence electrons. The molecule has 2 aliphatic rings. The molecule has 0 aromatic heterocycles. The highest BCUT2D eigenvalue weighted by Gasteiger charge is 2.42. The number of amides is 3. The van der Waals surface area contributed by atoms with Crippen molar-refractivity contribution >= 4 is 23.4 Å². The summed E-state index contributed by atoms with van der Waals surface area (Å²) in [6, 6.07) is 12.5. The first-order valence-corrected chi connectivity index (χ1v) is 9.45. The maximum absolute atomic E-state index is 13.3. The number of fused-ring (bicyclic) bond motifs is 1. The molecule has 0 saturated carbocycles. The molecule has 2 atom stereocenters. The standard InChI is InChI=1S/C22H20FN3O3/c23-16-7-3-5-14(11-16)13-24-20(27)15-6-4-8-17(12-15)26-22(29)19-10-2-1-9-18(19)21(28)25-26/h1-8,11-12,18-19H,9-10,13H2,(H,24,27)(H,25,28). The summed E-state index contributed by atoms with van der Waals surface area (Å²) in [6.07, 6.45) is 4.93. The zero-order valence-electron chi connectivity index (χ0n) is 15.6. The van der Waals surface area contributed by atoms with Gasteiger partial charge in [-0.3, -0.25) is 19.8 Å². The van der Waals surface area contributed by atoms with Crippen LogP contribution in [0.3, 0.4) is 0 Å². The third kappa shape index (κ3) is 3.89. The van der Waals surface area contributed by atoms with E-state index in [1.807, 2.05) is 12.2 Å². The van der Waals surface area contributed by atoms with Crippen molar-refractivity contribution in [1.82, 2.24) is 10.7 Å². The van der Waals surface area contributed by atoms with Gasteiger partial charge in [-0.05, 0) is 48.7 Å². The largest absolute Gasteiger partial charge is 0.348 e. The van der Waals surface area contributed by atoms with Gasteiger partial charge in [0.25, 0.3) is 5.91 Å². The van der Waals surface area contributed by atoms with E-state index in [4.69, 9.17) is 0 Å². The lowest BCUT2D eigenvalue weighted by atomic mass is 9.80. The summed E-state index contributed by atoms with van der Waals surface area (Å²) in [5.74, 6) is -1.84. The number of carbonyl (C=O) groups excluding carboxylic acids is 3. The molecule has 1 fully saturated rings. The van der Waals surface area contributed by atoms with E-state index in [1.54, 1.807) is 36.4 Å². The van der Waals surface area contributed by atoms with Gasteiger partial charge < -0.3 is 5.32 Å². The number of benzene rings is 2. The van der Waals surface area contributed by atoms with E-state index in [2.05, 4.69) is 10.7 Å². The molecule has 3 amide bonds. The maximum atomic E-state index is 13.3. The summed E-state index contributed by atoms with van der Waals surface area (Å²) < 4.78 is 13.3. The minimum Gasteiger partial charge on any atom is -0.348 e. The van der Waals surface area contributed by atoms with Crippen molar-refractivity contribution in [1.29, 1.82) is 0 Å². The number of nitrogens with one attached hydrogen (secondary N) is 2. The number of hydrogen-bond donors (Lipinski definition) is 2. The van der Waals surface area contributed by atoms with Crippen LogP contribution in [-0.2, 0) is 16.1 Å². The van der Waals surface area contributed by atoms with Gasteiger partial charge in [-0.2, -0.15) is 0 Å². The maximum Gasteiger partial charge on any atom is 0.251 e. The second-order valence-electron chi connectivity index (χ2n) is 7.17. The SMILES string of the molecule is O=C(NCc1cccc(F)c1)c1cccc(N2NC(=O)C3CC=CCC3C2=O)c1. The van der Waals surface area contributed by atoms with E-state index in [0.717, 1.165) is 0 Å². The molecule has 2 aromatic carbocycles. The van der Waals surface area contributed by atoms with Gasteiger partial charge in [0.05, 0.1) is 17.5 Å². The Bertz CT molecular complexity index is 1000. The molecule has 1 aliphatic heterocycles. The average Bonchev–Trinajstić information content (AvgIpc) is 2.75. The Morgan fingerprint density at radius 2 is 1.83 bits per heavy atom. The highest BCUT2D eigenvalue weighted by atomic mass is 19.1. The van der Waals surface area contributed by atoms with E-state index in [-0.39, 0.29) is 41.9 Å². The van der Waals surface area contributed by atoms with Crippen LogP contribution in [0.4, 0.5) is 10.1 Å². The van der Waals surface area contributed by atoms with Gasteiger partial charge >= 0.3 is 0 Å².